The van der Waals surface area contributed by atoms with E-state index in [0.717, 1.165) is 0 Å². The fourth-order valence-electron chi connectivity index (χ4n) is 1.63. The lowest BCUT2D eigenvalue weighted by Crippen LogP contribution is -2.12. The summed E-state index contributed by atoms with van der Waals surface area (Å²) in [5.41, 5.74) is 0.0315. The van der Waals surface area contributed by atoms with E-state index in [1.807, 2.05) is 0 Å². The van der Waals surface area contributed by atoms with E-state index in [0.29, 0.717) is 0 Å². The largest absolute Gasteiger partial charge is 0.482 e. The lowest BCUT2D eigenvalue weighted by molar-refractivity contribution is -0.384. The molecule has 7 heteroatoms. The molecule has 0 aliphatic rings. The number of nitro benzene ring substituents is 1. The smallest absolute Gasteiger partial charge is 0.270 e. The minimum Gasteiger partial charge on any atom is -0.482 e. The van der Waals surface area contributed by atoms with Crippen molar-refractivity contribution >= 4 is 34.7 Å². The molecule has 0 heterocycles. The van der Waals surface area contributed by atoms with Gasteiger partial charge in [-0.15, -0.1) is 0 Å². The zero-order valence-corrected chi connectivity index (χ0v) is 12.1. The van der Waals surface area contributed by atoms with Crippen LogP contribution >= 0.6 is 23.2 Å². The Labute approximate surface area is 130 Å². The highest BCUT2D eigenvalue weighted by Crippen LogP contribution is 2.32. The summed E-state index contributed by atoms with van der Waals surface area (Å²) in [7, 11) is 0. The van der Waals surface area contributed by atoms with Gasteiger partial charge in [0.15, 0.2) is 18.1 Å². The van der Waals surface area contributed by atoms with E-state index in [4.69, 9.17) is 27.9 Å². The fourth-order valence-corrected chi connectivity index (χ4v) is 2.14. The lowest BCUT2D eigenvalue weighted by Gasteiger charge is -2.09. The average Bonchev–Trinajstić information content (AvgIpc) is 2.46. The number of rotatable bonds is 5. The number of nitro groups is 1. The normalized spacial score (nSPS) is 10.2. The Morgan fingerprint density at radius 3 is 2.38 bits per heavy atom. The first-order valence-electron chi connectivity index (χ1n) is 5.83. The summed E-state index contributed by atoms with van der Waals surface area (Å²) in [6.45, 7) is -0.315. The topological polar surface area (TPSA) is 69.4 Å². The molecule has 5 nitrogen and oxygen atoms in total. The summed E-state index contributed by atoms with van der Waals surface area (Å²) < 4.78 is 5.30. The van der Waals surface area contributed by atoms with Crippen LogP contribution in [0.15, 0.2) is 42.5 Å². The molecule has 0 saturated carbocycles. The molecule has 0 aliphatic heterocycles. The van der Waals surface area contributed by atoms with Gasteiger partial charge >= 0.3 is 0 Å². The third-order valence-corrected chi connectivity index (χ3v) is 3.24. The number of hydrogen-bond donors (Lipinski definition) is 0. The van der Waals surface area contributed by atoms with Crippen molar-refractivity contribution in [3.63, 3.8) is 0 Å². The van der Waals surface area contributed by atoms with Crippen LogP contribution in [0.5, 0.6) is 5.75 Å². The monoisotopic (exact) mass is 325 g/mol. The van der Waals surface area contributed by atoms with Crippen LogP contribution in [0, 0.1) is 10.1 Å². The predicted octanol–water partition coefficient (Wildman–Crippen LogP) is 4.16. The van der Waals surface area contributed by atoms with E-state index in [9.17, 15) is 14.9 Å². The summed E-state index contributed by atoms with van der Waals surface area (Å²) in [6.07, 6.45) is 0. The number of ketones is 1. The standard InChI is InChI=1S/C14H9Cl2NO4/c15-11-5-2-6-12(16)14(11)21-8-13(18)9-3-1-4-10(7-9)17(19)20/h1-7H,8H2. The maximum Gasteiger partial charge on any atom is 0.270 e. The number of carbonyl (C=O) groups is 1. The maximum atomic E-state index is 12.0. The number of non-ortho nitro benzene ring substituents is 1. The van der Waals surface area contributed by atoms with Crippen molar-refractivity contribution in [3.8, 4) is 5.75 Å². The molecule has 0 spiro atoms. The Bertz CT molecular complexity index is 683. The summed E-state index contributed by atoms with van der Waals surface area (Å²) in [4.78, 5) is 22.1. The number of ether oxygens (including phenoxy) is 1. The number of halogens is 2. The van der Waals surface area contributed by atoms with Crippen LogP contribution in [0.1, 0.15) is 10.4 Å². The van der Waals surface area contributed by atoms with Crippen LogP contribution in [0.2, 0.25) is 10.0 Å². The Balaban J connectivity index is 2.12. The molecule has 2 aromatic carbocycles. The molecule has 0 unspecified atom stereocenters. The number of carbonyl (C=O) groups excluding carboxylic acids is 1. The maximum absolute atomic E-state index is 12.0. The fraction of sp³-hybridized carbons (Fsp3) is 0.0714. The summed E-state index contributed by atoms with van der Waals surface area (Å²) in [5, 5.41) is 11.2. The van der Waals surface area contributed by atoms with E-state index < -0.39 is 10.7 Å². The van der Waals surface area contributed by atoms with Crippen LogP contribution < -0.4 is 4.74 Å². The molecule has 108 valence electrons. The number of para-hydroxylation sites is 1. The van der Waals surface area contributed by atoms with Gasteiger partial charge in [-0.25, -0.2) is 0 Å². The van der Waals surface area contributed by atoms with Gasteiger partial charge in [0, 0.05) is 17.7 Å². The van der Waals surface area contributed by atoms with Gasteiger partial charge in [0.25, 0.3) is 5.69 Å². The van der Waals surface area contributed by atoms with Crippen molar-refractivity contribution in [2.45, 2.75) is 0 Å². The Morgan fingerprint density at radius 1 is 1.14 bits per heavy atom. The van der Waals surface area contributed by atoms with Crippen molar-refractivity contribution in [3.05, 3.63) is 68.2 Å². The minimum absolute atomic E-state index is 0.156. The highest BCUT2D eigenvalue weighted by molar-refractivity contribution is 6.37. The van der Waals surface area contributed by atoms with Gasteiger partial charge in [-0.3, -0.25) is 14.9 Å². The first-order valence-corrected chi connectivity index (χ1v) is 6.59. The van der Waals surface area contributed by atoms with E-state index >= 15 is 0 Å². The number of hydrogen-bond acceptors (Lipinski definition) is 4. The highest BCUT2D eigenvalue weighted by Gasteiger charge is 2.14. The SMILES string of the molecule is O=C(COc1c(Cl)cccc1Cl)c1cccc([N+](=O)[O-])c1. The molecule has 0 saturated heterocycles. The second-order valence-electron chi connectivity index (χ2n) is 4.07. The molecule has 0 bridgehead atoms. The molecular formula is C14H9Cl2NO4. The van der Waals surface area contributed by atoms with E-state index in [1.54, 1.807) is 18.2 Å². The molecule has 2 rings (SSSR count). The number of Topliss-reactive ketones (excluding diaryl/α,β-unsaturated/α-hetero) is 1. The molecule has 2 aromatic rings. The molecule has 21 heavy (non-hydrogen) atoms. The summed E-state index contributed by atoms with van der Waals surface area (Å²) in [5.74, 6) is -0.200. The second-order valence-corrected chi connectivity index (χ2v) is 4.88. The highest BCUT2D eigenvalue weighted by atomic mass is 35.5. The van der Waals surface area contributed by atoms with Crippen molar-refractivity contribution in [2.24, 2.45) is 0 Å². The summed E-state index contributed by atoms with van der Waals surface area (Å²) in [6, 6.07) is 10.2. The van der Waals surface area contributed by atoms with E-state index in [-0.39, 0.29) is 33.7 Å². The van der Waals surface area contributed by atoms with Gasteiger partial charge in [-0.1, -0.05) is 41.4 Å². The van der Waals surface area contributed by atoms with Gasteiger partial charge in [-0.05, 0) is 12.1 Å². The van der Waals surface area contributed by atoms with Gasteiger partial charge in [-0.2, -0.15) is 0 Å². The molecule has 0 fully saturated rings. The summed E-state index contributed by atoms with van der Waals surface area (Å²) >= 11 is 11.8. The molecule has 0 aliphatic carbocycles. The third kappa shape index (κ3) is 3.71. The third-order valence-electron chi connectivity index (χ3n) is 2.65. The number of nitrogens with zero attached hydrogens (tertiary/aromatic N) is 1. The van der Waals surface area contributed by atoms with Gasteiger partial charge < -0.3 is 4.74 Å². The molecular weight excluding hydrogens is 317 g/mol. The van der Waals surface area contributed by atoms with Gasteiger partial charge in [0.1, 0.15) is 0 Å². The first-order chi connectivity index (χ1) is 9.99. The zero-order valence-electron chi connectivity index (χ0n) is 10.6. The van der Waals surface area contributed by atoms with Crippen LogP contribution in [0.25, 0.3) is 0 Å². The van der Waals surface area contributed by atoms with Crippen molar-refractivity contribution in [1.82, 2.24) is 0 Å². The second kappa shape index (κ2) is 6.56. The van der Waals surface area contributed by atoms with Crippen LogP contribution in [-0.4, -0.2) is 17.3 Å². The minimum atomic E-state index is -0.567. The van der Waals surface area contributed by atoms with Crippen molar-refractivity contribution < 1.29 is 14.5 Å². The molecule has 0 atom stereocenters. The molecule has 0 radical (unpaired) electrons. The lowest BCUT2D eigenvalue weighted by atomic mass is 10.1. The molecule has 0 aromatic heterocycles. The van der Waals surface area contributed by atoms with E-state index in [2.05, 4.69) is 0 Å². The quantitative estimate of drug-likeness (QED) is 0.470. The van der Waals surface area contributed by atoms with E-state index in [1.165, 1.54) is 24.3 Å². The Hall–Kier alpha value is -2.11. The van der Waals surface area contributed by atoms with Crippen LogP contribution in [0.4, 0.5) is 5.69 Å². The number of benzene rings is 2. The van der Waals surface area contributed by atoms with Crippen molar-refractivity contribution in [2.75, 3.05) is 6.61 Å². The van der Waals surface area contributed by atoms with Crippen LogP contribution in [0.3, 0.4) is 0 Å². The first kappa shape index (κ1) is 15.3. The molecule has 0 amide bonds. The Kier molecular flexibility index (Phi) is 4.77. The zero-order chi connectivity index (χ0) is 15.4. The molecule has 0 N–H and O–H groups in total. The van der Waals surface area contributed by atoms with Gasteiger partial charge in [0.2, 0.25) is 0 Å². The van der Waals surface area contributed by atoms with Crippen molar-refractivity contribution in [1.29, 1.82) is 0 Å². The Morgan fingerprint density at radius 2 is 1.76 bits per heavy atom. The van der Waals surface area contributed by atoms with Gasteiger partial charge in [0.05, 0.1) is 15.0 Å². The van der Waals surface area contributed by atoms with Crippen LogP contribution in [-0.2, 0) is 0 Å². The predicted molar refractivity (Wildman–Crippen MR) is 79.4 cm³/mol. The average molecular weight is 326 g/mol.